The number of hydrogen-bond donors (Lipinski definition) is 0. The highest BCUT2D eigenvalue weighted by molar-refractivity contribution is 5.75. The first-order valence-electron chi connectivity index (χ1n) is 6.99. The summed E-state index contributed by atoms with van der Waals surface area (Å²) in [6.07, 6.45) is 1.44. The van der Waals surface area contributed by atoms with Crippen molar-refractivity contribution in [2.45, 2.75) is 32.6 Å². The van der Waals surface area contributed by atoms with Crippen molar-refractivity contribution < 1.29 is 9.90 Å². The van der Waals surface area contributed by atoms with Gasteiger partial charge in [-0.1, -0.05) is 67.4 Å². The van der Waals surface area contributed by atoms with Gasteiger partial charge in [0, 0.05) is 11.9 Å². The lowest BCUT2D eigenvalue weighted by Crippen LogP contribution is -2.29. The van der Waals surface area contributed by atoms with E-state index in [1.54, 1.807) is 0 Å². The third kappa shape index (κ3) is 3.27. The van der Waals surface area contributed by atoms with E-state index in [0.29, 0.717) is 6.42 Å². The summed E-state index contributed by atoms with van der Waals surface area (Å²) in [5.41, 5.74) is 4.18. The van der Waals surface area contributed by atoms with E-state index in [0.717, 1.165) is 23.1 Å². The Morgan fingerprint density at radius 1 is 1.10 bits per heavy atom. The van der Waals surface area contributed by atoms with Crippen LogP contribution in [0, 0.1) is 6.92 Å². The molecule has 0 spiro atoms. The van der Waals surface area contributed by atoms with Gasteiger partial charge in [-0.05, 0) is 30.0 Å². The molecule has 2 rings (SSSR count). The van der Waals surface area contributed by atoms with Crippen LogP contribution in [0.3, 0.4) is 0 Å². The maximum atomic E-state index is 11.3. The molecule has 0 saturated heterocycles. The van der Waals surface area contributed by atoms with Crippen LogP contribution in [-0.2, 0) is 4.79 Å². The Labute approximate surface area is 120 Å². The first-order chi connectivity index (χ1) is 9.61. The predicted molar refractivity (Wildman–Crippen MR) is 79.3 cm³/mol. The summed E-state index contributed by atoms with van der Waals surface area (Å²) in [5, 5.41) is 11.3. The highest BCUT2D eigenvalue weighted by Crippen LogP contribution is 2.27. The molecule has 20 heavy (non-hydrogen) atoms. The molecule has 0 N–H and O–H groups in total. The van der Waals surface area contributed by atoms with Crippen molar-refractivity contribution in [3.05, 3.63) is 59.7 Å². The van der Waals surface area contributed by atoms with Crippen molar-refractivity contribution in [2.75, 3.05) is 0 Å². The van der Waals surface area contributed by atoms with E-state index >= 15 is 0 Å². The largest absolute Gasteiger partial charge is 0.549 e. The van der Waals surface area contributed by atoms with Crippen molar-refractivity contribution in [3.8, 4) is 11.1 Å². The molecule has 0 bridgehead atoms. The zero-order chi connectivity index (χ0) is 14.5. The summed E-state index contributed by atoms with van der Waals surface area (Å²) in [6, 6.07) is 16.0. The second-order valence-corrected chi connectivity index (χ2v) is 5.16. The fourth-order valence-electron chi connectivity index (χ4n) is 2.47. The van der Waals surface area contributed by atoms with Crippen LogP contribution in [0.15, 0.2) is 48.5 Å². The number of aryl methyl sites for hydroxylation is 1. The molecule has 2 nitrogen and oxygen atoms in total. The quantitative estimate of drug-likeness (QED) is 0.834. The number of rotatable bonds is 5. The number of hydrogen-bond acceptors (Lipinski definition) is 2. The van der Waals surface area contributed by atoms with Gasteiger partial charge in [0.2, 0.25) is 0 Å². The van der Waals surface area contributed by atoms with Crippen molar-refractivity contribution in [2.24, 2.45) is 0 Å². The molecule has 0 radical (unpaired) electrons. The molecular weight excluding hydrogens is 248 g/mol. The fraction of sp³-hybridized carbons (Fsp3) is 0.278. The number of carboxylic acids is 1. The predicted octanol–water partition coefficient (Wildman–Crippen LogP) is 3.30. The van der Waals surface area contributed by atoms with Gasteiger partial charge < -0.3 is 9.90 Å². The fourth-order valence-corrected chi connectivity index (χ4v) is 2.47. The normalized spacial score (nSPS) is 12.1. The standard InChI is InChI=1S/C18H20O2/c1-3-6-17(18(19)20)16-10-5-9-15(12-16)14-8-4-7-13(2)11-14/h4-5,7-12,17H,3,6H2,1-2H3,(H,19,20)/p-1. The van der Waals surface area contributed by atoms with E-state index in [2.05, 4.69) is 19.1 Å². The number of aliphatic carboxylic acids is 1. The van der Waals surface area contributed by atoms with E-state index in [9.17, 15) is 9.90 Å². The topological polar surface area (TPSA) is 40.1 Å². The third-order valence-corrected chi connectivity index (χ3v) is 3.50. The highest BCUT2D eigenvalue weighted by atomic mass is 16.4. The summed E-state index contributed by atoms with van der Waals surface area (Å²) in [4.78, 5) is 11.3. The van der Waals surface area contributed by atoms with Gasteiger partial charge in [0.05, 0.1) is 0 Å². The highest BCUT2D eigenvalue weighted by Gasteiger charge is 2.12. The van der Waals surface area contributed by atoms with Crippen LogP contribution in [0.2, 0.25) is 0 Å². The minimum atomic E-state index is -0.992. The van der Waals surface area contributed by atoms with Gasteiger partial charge in [0.25, 0.3) is 0 Å². The third-order valence-electron chi connectivity index (χ3n) is 3.50. The van der Waals surface area contributed by atoms with Crippen LogP contribution in [-0.4, -0.2) is 5.97 Å². The summed E-state index contributed by atoms with van der Waals surface area (Å²) in [7, 11) is 0. The van der Waals surface area contributed by atoms with Crippen molar-refractivity contribution in [3.63, 3.8) is 0 Å². The maximum absolute atomic E-state index is 11.3. The van der Waals surface area contributed by atoms with Crippen LogP contribution in [0.1, 0.15) is 36.8 Å². The van der Waals surface area contributed by atoms with Gasteiger partial charge in [-0.3, -0.25) is 0 Å². The van der Waals surface area contributed by atoms with Crippen molar-refractivity contribution >= 4 is 5.97 Å². The summed E-state index contributed by atoms with van der Waals surface area (Å²) < 4.78 is 0. The van der Waals surface area contributed by atoms with E-state index in [-0.39, 0.29) is 0 Å². The maximum Gasteiger partial charge on any atom is 0.0489 e. The van der Waals surface area contributed by atoms with Crippen LogP contribution >= 0.6 is 0 Å². The van der Waals surface area contributed by atoms with Gasteiger partial charge in [0.1, 0.15) is 0 Å². The molecule has 2 aromatic carbocycles. The second-order valence-electron chi connectivity index (χ2n) is 5.16. The molecule has 0 fully saturated rings. The van der Waals surface area contributed by atoms with E-state index < -0.39 is 11.9 Å². The molecule has 0 amide bonds. The molecule has 2 heteroatoms. The molecule has 104 valence electrons. The molecule has 0 aliphatic heterocycles. The SMILES string of the molecule is CCCC(C(=O)[O-])c1cccc(-c2cccc(C)c2)c1. The average molecular weight is 267 g/mol. The zero-order valence-electron chi connectivity index (χ0n) is 11.9. The van der Waals surface area contributed by atoms with Gasteiger partial charge in [0.15, 0.2) is 0 Å². The molecule has 0 aliphatic rings. The Kier molecular flexibility index (Phi) is 4.57. The lowest BCUT2D eigenvalue weighted by atomic mass is 9.91. The van der Waals surface area contributed by atoms with E-state index in [1.807, 2.05) is 43.3 Å². The molecular formula is C18H19O2-. The average Bonchev–Trinajstić information content (AvgIpc) is 2.44. The van der Waals surface area contributed by atoms with Gasteiger partial charge in [-0.25, -0.2) is 0 Å². The Hall–Kier alpha value is -2.09. The number of carboxylic acid groups (broad SMARTS) is 1. The van der Waals surface area contributed by atoms with Crippen molar-refractivity contribution in [1.29, 1.82) is 0 Å². The first-order valence-corrected chi connectivity index (χ1v) is 6.99. The van der Waals surface area contributed by atoms with E-state index in [4.69, 9.17) is 0 Å². The summed E-state index contributed by atoms with van der Waals surface area (Å²) in [6.45, 7) is 4.04. The van der Waals surface area contributed by atoms with E-state index in [1.165, 1.54) is 5.56 Å². The molecule has 0 aromatic heterocycles. The number of benzene rings is 2. The molecule has 0 aliphatic carbocycles. The van der Waals surface area contributed by atoms with Gasteiger partial charge >= 0.3 is 0 Å². The molecule has 1 atom stereocenters. The minimum absolute atomic E-state index is 0.523. The molecule has 2 aromatic rings. The Morgan fingerprint density at radius 3 is 2.35 bits per heavy atom. The van der Waals surface area contributed by atoms with Crippen LogP contribution in [0.5, 0.6) is 0 Å². The van der Waals surface area contributed by atoms with Crippen LogP contribution in [0.25, 0.3) is 11.1 Å². The number of carbonyl (C=O) groups excluding carboxylic acids is 1. The summed E-state index contributed by atoms with van der Waals surface area (Å²) in [5.74, 6) is -1.52. The first kappa shape index (κ1) is 14.3. The minimum Gasteiger partial charge on any atom is -0.549 e. The Bertz CT molecular complexity index is 602. The Morgan fingerprint density at radius 2 is 1.75 bits per heavy atom. The number of carbonyl (C=O) groups is 1. The lowest BCUT2D eigenvalue weighted by Gasteiger charge is -2.18. The zero-order valence-corrected chi connectivity index (χ0v) is 11.9. The van der Waals surface area contributed by atoms with Gasteiger partial charge in [-0.2, -0.15) is 0 Å². The van der Waals surface area contributed by atoms with Crippen LogP contribution < -0.4 is 5.11 Å². The lowest BCUT2D eigenvalue weighted by molar-refractivity contribution is -0.308. The molecule has 0 saturated carbocycles. The summed E-state index contributed by atoms with van der Waals surface area (Å²) >= 11 is 0. The smallest absolute Gasteiger partial charge is 0.0489 e. The second kappa shape index (κ2) is 6.38. The van der Waals surface area contributed by atoms with Crippen molar-refractivity contribution in [1.82, 2.24) is 0 Å². The molecule has 0 heterocycles. The molecule has 1 unspecified atom stereocenters. The monoisotopic (exact) mass is 267 g/mol. The van der Waals surface area contributed by atoms with Gasteiger partial charge in [-0.15, -0.1) is 0 Å². The van der Waals surface area contributed by atoms with Crippen LogP contribution in [0.4, 0.5) is 0 Å². The Balaban J connectivity index is 2.39.